The molecule has 4 aromatic rings. The highest BCUT2D eigenvalue weighted by atomic mass is 32.1. The molecule has 0 aliphatic carbocycles. The highest BCUT2D eigenvalue weighted by molar-refractivity contribution is 7.13. The van der Waals surface area contributed by atoms with Crippen LogP contribution in [-0.2, 0) is 7.05 Å². The van der Waals surface area contributed by atoms with E-state index in [9.17, 15) is 0 Å². The second-order valence-corrected chi connectivity index (χ2v) is 5.67. The Morgan fingerprint density at radius 3 is 2.90 bits per heavy atom. The molecular weight excluding hydrogens is 268 g/mol. The fourth-order valence-electron chi connectivity index (χ4n) is 2.48. The molecule has 0 spiro atoms. The Morgan fingerprint density at radius 2 is 2.05 bits per heavy atom. The van der Waals surface area contributed by atoms with Crippen molar-refractivity contribution in [1.29, 1.82) is 0 Å². The standard InChI is InChI=1S/C16H12N2OS/c1-18-10-12(11-5-2-3-6-14(11)18)13-9-15(19-17-13)16-7-4-8-20-16/h2-10H,1H3. The molecule has 0 aliphatic heterocycles. The molecule has 0 atom stereocenters. The Morgan fingerprint density at radius 1 is 1.15 bits per heavy atom. The van der Waals surface area contributed by atoms with Crippen molar-refractivity contribution in [2.75, 3.05) is 0 Å². The minimum Gasteiger partial charge on any atom is -0.355 e. The van der Waals surface area contributed by atoms with Crippen molar-refractivity contribution in [3.8, 4) is 21.9 Å². The third kappa shape index (κ3) is 1.69. The lowest BCUT2D eigenvalue weighted by atomic mass is 10.1. The summed E-state index contributed by atoms with van der Waals surface area (Å²) in [5.74, 6) is 0.822. The zero-order valence-electron chi connectivity index (χ0n) is 10.9. The van der Waals surface area contributed by atoms with Crippen LogP contribution in [0, 0.1) is 0 Å². The largest absolute Gasteiger partial charge is 0.355 e. The van der Waals surface area contributed by atoms with Gasteiger partial charge in [-0.05, 0) is 17.5 Å². The minimum absolute atomic E-state index is 0.822. The number of benzene rings is 1. The summed E-state index contributed by atoms with van der Waals surface area (Å²) in [5.41, 5.74) is 3.18. The highest BCUT2D eigenvalue weighted by Gasteiger charge is 2.13. The first-order valence-electron chi connectivity index (χ1n) is 6.38. The van der Waals surface area contributed by atoms with E-state index in [4.69, 9.17) is 4.52 Å². The lowest BCUT2D eigenvalue weighted by Crippen LogP contribution is -1.81. The van der Waals surface area contributed by atoms with E-state index in [1.807, 2.05) is 42.8 Å². The number of aryl methyl sites for hydroxylation is 1. The number of rotatable bonds is 2. The van der Waals surface area contributed by atoms with E-state index < -0.39 is 0 Å². The van der Waals surface area contributed by atoms with Gasteiger partial charge in [0.2, 0.25) is 0 Å². The van der Waals surface area contributed by atoms with Crippen molar-refractivity contribution in [3.05, 3.63) is 54.0 Å². The summed E-state index contributed by atoms with van der Waals surface area (Å²) in [7, 11) is 2.05. The summed E-state index contributed by atoms with van der Waals surface area (Å²) in [5, 5.41) is 7.46. The molecule has 0 saturated carbocycles. The van der Waals surface area contributed by atoms with Crippen LogP contribution in [-0.4, -0.2) is 9.72 Å². The smallest absolute Gasteiger partial charge is 0.177 e. The van der Waals surface area contributed by atoms with Crippen molar-refractivity contribution in [2.24, 2.45) is 7.05 Å². The summed E-state index contributed by atoms with van der Waals surface area (Å²) < 4.78 is 7.59. The maximum atomic E-state index is 5.47. The number of hydrogen-bond acceptors (Lipinski definition) is 3. The first-order valence-corrected chi connectivity index (χ1v) is 7.26. The van der Waals surface area contributed by atoms with Crippen molar-refractivity contribution >= 4 is 22.2 Å². The predicted octanol–water partition coefficient (Wildman–Crippen LogP) is 4.56. The number of para-hydroxylation sites is 1. The molecule has 4 heteroatoms. The number of nitrogens with zero attached hydrogens (tertiary/aromatic N) is 2. The monoisotopic (exact) mass is 280 g/mol. The average Bonchev–Trinajstić information content (AvgIpc) is 3.17. The molecule has 0 saturated heterocycles. The summed E-state index contributed by atoms with van der Waals surface area (Å²) in [6.07, 6.45) is 2.10. The summed E-state index contributed by atoms with van der Waals surface area (Å²) in [6, 6.07) is 14.4. The molecule has 0 aliphatic rings. The molecule has 3 nitrogen and oxygen atoms in total. The normalized spacial score (nSPS) is 11.2. The topological polar surface area (TPSA) is 31.0 Å². The zero-order valence-corrected chi connectivity index (χ0v) is 11.7. The van der Waals surface area contributed by atoms with Crippen LogP contribution in [0.3, 0.4) is 0 Å². The summed E-state index contributed by atoms with van der Waals surface area (Å²) >= 11 is 1.65. The zero-order chi connectivity index (χ0) is 13.5. The number of thiophene rings is 1. The Bertz CT molecular complexity index is 871. The van der Waals surface area contributed by atoms with Gasteiger partial charge < -0.3 is 9.09 Å². The lowest BCUT2D eigenvalue weighted by Gasteiger charge is -1.93. The van der Waals surface area contributed by atoms with Crippen LogP contribution in [0.25, 0.3) is 32.8 Å². The second kappa shape index (κ2) is 4.35. The van der Waals surface area contributed by atoms with E-state index in [1.54, 1.807) is 11.3 Å². The van der Waals surface area contributed by atoms with E-state index in [-0.39, 0.29) is 0 Å². The van der Waals surface area contributed by atoms with E-state index in [2.05, 4.69) is 28.1 Å². The SMILES string of the molecule is Cn1cc(-c2cc(-c3cccs3)on2)c2ccccc21. The third-order valence-electron chi connectivity index (χ3n) is 3.45. The summed E-state index contributed by atoms with van der Waals surface area (Å²) in [4.78, 5) is 1.10. The van der Waals surface area contributed by atoms with Gasteiger partial charge in [0.05, 0.1) is 4.88 Å². The van der Waals surface area contributed by atoms with E-state index in [1.165, 1.54) is 10.9 Å². The molecule has 0 radical (unpaired) electrons. The molecule has 0 unspecified atom stereocenters. The molecule has 1 aromatic carbocycles. The maximum absolute atomic E-state index is 5.47. The number of hydrogen-bond donors (Lipinski definition) is 0. The van der Waals surface area contributed by atoms with Gasteiger partial charge >= 0.3 is 0 Å². The van der Waals surface area contributed by atoms with Crippen LogP contribution < -0.4 is 0 Å². The van der Waals surface area contributed by atoms with Crippen LogP contribution >= 0.6 is 11.3 Å². The van der Waals surface area contributed by atoms with Gasteiger partial charge in [0.1, 0.15) is 5.69 Å². The molecule has 3 aromatic heterocycles. The Labute approximate surface area is 120 Å². The van der Waals surface area contributed by atoms with Gasteiger partial charge in [-0.15, -0.1) is 11.3 Å². The molecule has 3 heterocycles. The van der Waals surface area contributed by atoms with Crippen molar-refractivity contribution in [2.45, 2.75) is 0 Å². The van der Waals surface area contributed by atoms with E-state index in [0.717, 1.165) is 21.9 Å². The minimum atomic E-state index is 0.822. The van der Waals surface area contributed by atoms with Gasteiger partial charge in [0.15, 0.2) is 5.76 Å². The molecule has 0 N–H and O–H groups in total. The van der Waals surface area contributed by atoms with Gasteiger partial charge in [0, 0.05) is 35.8 Å². The van der Waals surface area contributed by atoms with Crippen LogP contribution in [0.4, 0.5) is 0 Å². The highest BCUT2D eigenvalue weighted by Crippen LogP contribution is 2.33. The Balaban J connectivity index is 1.88. The molecule has 98 valence electrons. The van der Waals surface area contributed by atoms with Crippen molar-refractivity contribution in [3.63, 3.8) is 0 Å². The Hall–Kier alpha value is -2.33. The van der Waals surface area contributed by atoms with Crippen molar-refractivity contribution < 1.29 is 4.52 Å². The predicted molar refractivity (Wildman–Crippen MR) is 81.7 cm³/mol. The van der Waals surface area contributed by atoms with Crippen LogP contribution in [0.15, 0.2) is 58.6 Å². The first-order chi connectivity index (χ1) is 9.83. The van der Waals surface area contributed by atoms with Gasteiger partial charge in [-0.2, -0.15) is 0 Å². The molecule has 0 fully saturated rings. The van der Waals surface area contributed by atoms with Crippen LogP contribution in [0.1, 0.15) is 0 Å². The second-order valence-electron chi connectivity index (χ2n) is 4.72. The lowest BCUT2D eigenvalue weighted by molar-refractivity contribution is 0.436. The maximum Gasteiger partial charge on any atom is 0.177 e. The van der Waals surface area contributed by atoms with E-state index >= 15 is 0 Å². The number of fused-ring (bicyclic) bond motifs is 1. The molecule has 4 rings (SSSR count). The van der Waals surface area contributed by atoms with Gasteiger partial charge in [-0.3, -0.25) is 0 Å². The quantitative estimate of drug-likeness (QED) is 0.539. The molecular formula is C16H12N2OS. The average molecular weight is 280 g/mol. The van der Waals surface area contributed by atoms with Crippen molar-refractivity contribution in [1.82, 2.24) is 9.72 Å². The van der Waals surface area contributed by atoms with Gasteiger partial charge in [0.25, 0.3) is 0 Å². The molecule has 0 amide bonds. The van der Waals surface area contributed by atoms with Crippen LogP contribution in [0.2, 0.25) is 0 Å². The van der Waals surface area contributed by atoms with Gasteiger partial charge in [-0.25, -0.2) is 0 Å². The fraction of sp³-hybridized carbons (Fsp3) is 0.0625. The Kier molecular flexibility index (Phi) is 2.50. The molecule has 0 bridgehead atoms. The first kappa shape index (κ1) is 11.5. The van der Waals surface area contributed by atoms with Crippen LogP contribution in [0.5, 0.6) is 0 Å². The molecule has 20 heavy (non-hydrogen) atoms. The third-order valence-corrected chi connectivity index (χ3v) is 4.33. The summed E-state index contributed by atoms with van der Waals surface area (Å²) in [6.45, 7) is 0. The van der Waals surface area contributed by atoms with E-state index in [0.29, 0.717) is 0 Å². The van der Waals surface area contributed by atoms with Gasteiger partial charge in [-0.1, -0.05) is 29.4 Å². The fourth-order valence-corrected chi connectivity index (χ4v) is 3.16. The number of aromatic nitrogens is 2.